The molecule has 0 bridgehead atoms. The largest absolute Gasteiger partial charge is 0.381 e. The van der Waals surface area contributed by atoms with E-state index in [-0.39, 0.29) is 24.2 Å². The quantitative estimate of drug-likeness (QED) is 0.420. The van der Waals surface area contributed by atoms with Gasteiger partial charge >= 0.3 is 0 Å². The van der Waals surface area contributed by atoms with Crippen LogP contribution in [0.25, 0.3) is 0 Å². The summed E-state index contributed by atoms with van der Waals surface area (Å²) in [4.78, 5) is 2.36. The smallest absolute Gasteiger partial charge is 0.114 e. The SMILES string of the molecule is CN(C)C1=C([C@@H]2CCC3=C(C2)[C@@H](N[C@H]2CCC(F)=C(Cl)C2)N[C@@H](C2=CCCNC2)N3)CCCC1. The number of hydrogen-bond donors (Lipinski definition) is 4. The maximum Gasteiger partial charge on any atom is 0.114 e. The Balaban J connectivity index is 1.40. The van der Waals surface area contributed by atoms with Crippen molar-refractivity contribution >= 4 is 11.6 Å². The van der Waals surface area contributed by atoms with Crippen LogP contribution in [-0.2, 0) is 0 Å². The molecule has 0 radical (unpaired) electrons. The highest BCUT2D eigenvalue weighted by Crippen LogP contribution is 2.42. The van der Waals surface area contributed by atoms with Gasteiger partial charge < -0.3 is 15.5 Å². The van der Waals surface area contributed by atoms with Crippen molar-refractivity contribution in [3.8, 4) is 0 Å². The van der Waals surface area contributed by atoms with Gasteiger partial charge in [0, 0.05) is 50.9 Å². The van der Waals surface area contributed by atoms with Crippen molar-refractivity contribution in [2.75, 3.05) is 27.2 Å². The summed E-state index contributed by atoms with van der Waals surface area (Å²) >= 11 is 6.23. The summed E-state index contributed by atoms with van der Waals surface area (Å²) in [5.41, 5.74) is 7.53. The molecule has 7 heteroatoms. The fourth-order valence-corrected chi connectivity index (χ4v) is 6.83. The van der Waals surface area contributed by atoms with E-state index in [1.807, 2.05) is 0 Å². The Labute approximate surface area is 209 Å². The number of rotatable bonds is 5. The van der Waals surface area contributed by atoms with Crippen molar-refractivity contribution in [1.82, 2.24) is 26.2 Å². The first-order valence-corrected chi connectivity index (χ1v) is 13.7. The van der Waals surface area contributed by atoms with Crippen LogP contribution in [0.3, 0.4) is 0 Å². The molecule has 2 heterocycles. The van der Waals surface area contributed by atoms with Gasteiger partial charge in [-0.1, -0.05) is 17.7 Å². The van der Waals surface area contributed by atoms with E-state index >= 15 is 0 Å². The lowest BCUT2D eigenvalue weighted by atomic mass is 9.75. The molecule has 0 saturated carbocycles. The highest BCUT2D eigenvalue weighted by Gasteiger charge is 2.37. The minimum absolute atomic E-state index is 0.0921. The topological polar surface area (TPSA) is 51.4 Å². The molecule has 0 unspecified atom stereocenters. The molecule has 0 saturated heterocycles. The van der Waals surface area contributed by atoms with E-state index in [0.29, 0.717) is 23.8 Å². The van der Waals surface area contributed by atoms with E-state index in [1.54, 1.807) is 11.3 Å². The fraction of sp³-hybridized carbons (Fsp3) is 0.704. The molecule has 2 aliphatic heterocycles. The highest BCUT2D eigenvalue weighted by atomic mass is 35.5. The Morgan fingerprint density at radius 3 is 2.68 bits per heavy atom. The van der Waals surface area contributed by atoms with Crippen molar-refractivity contribution < 1.29 is 4.39 Å². The molecule has 5 rings (SSSR count). The lowest BCUT2D eigenvalue weighted by Crippen LogP contribution is -2.62. The summed E-state index contributed by atoms with van der Waals surface area (Å²) in [6, 6.07) is 0.196. The summed E-state index contributed by atoms with van der Waals surface area (Å²) < 4.78 is 13.9. The standard InChI is InChI=1S/C27H41ClFN5/c1-34(2)25-8-4-3-7-20(25)17-9-12-24-21(14-17)27(31-19-10-11-23(29)22(28)15-19)33-26(32-24)18-6-5-13-30-16-18/h6,17,19,26-27,30-33H,3-5,7-16H2,1-2H3/t17-,19+,26+,27+/m1/s1. The van der Waals surface area contributed by atoms with Gasteiger partial charge in [0.15, 0.2) is 0 Å². The maximum absolute atomic E-state index is 13.9. The van der Waals surface area contributed by atoms with Crippen LogP contribution in [0.1, 0.15) is 70.6 Å². The zero-order chi connectivity index (χ0) is 23.7. The zero-order valence-electron chi connectivity index (χ0n) is 20.8. The van der Waals surface area contributed by atoms with Crippen LogP contribution in [0.5, 0.6) is 0 Å². The Morgan fingerprint density at radius 1 is 1.06 bits per heavy atom. The second kappa shape index (κ2) is 10.7. The molecule has 0 spiro atoms. The van der Waals surface area contributed by atoms with Gasteiger partial charge in [-0.3, -0.25) is 10.6 Å². The van der Waals surface area contributed by atoms with Gasteiger partial charge in [0.25, 0.3) is 0 Å². The van der Waals surface area contributed by atoms with Crippen LogP contribution in [0.2, 0.25) is 0 Å². The molecule has 0 aromatic carbocycles. The van der Waals surface area contributed by atoms with Crippen molar-refractivity contribution in [2.45, 2.75) is 89.0 Å². The molecule has 4 N–H and O–H groups in total. The molecule has 0 aromatic rings. The van der Waals surface area contributed by atoms with Crippen molar-refractivity contribution in [3.05, 3.63) is 45.0 Å². The Bertz CT molecular complexity index is 905. The second-order valence-electron chi connectivity index (χ2n) is 10.9. The summed E-state index contributed by atoms with van der Waals surface area (Å²) in [6.45, 7) is 1.97. The average molecular weight is 490 g/mol. The van der Waals surface area contributed by atoms with Gasteiger partial charge in [-0.15, -0.1) is 0 Å². The van der Waals surface area contributed by atoms with Crippen LogP contribution < -0.4 is 21.3 Å². The lowest BCUT2D eigenvalue weighted by Gasteiger charge is -2.44. The summed E-state index contributed by atoms with van der Waals surface area (Å²) in [5.74, 6) is 0.483. The Kier molecular flexibility index (Phi) is 7.69. The summed E-state index contributed by atoms with van der Waals surface area (Å²) in [6.07, 6.45) is 14.0. The van der Waals surface area contributed by atoms with Crippen molar-refractivity contribution in [3.63, 3.8) is 0 Å². The third kappa shape index (κ3) is 5.25. The molecule has 4 atom stereocenters. The van der Waals surface area contributed by atoms with Crippen LogP contribution in [0, 0.1) is 5.92 Å². The van der Waals surface area contributed by atoms with Crippen LogP contribution in [0.4, 0.5) is 4.39 Å². The first-order chi connectivity index (χ1) is 16.5. The third-order valence-electron chi connectivity index (χ3n) is 8.37. The van der Waals surface area contributed by atoms with E-state index < -0.39 is 0 Å². The van der Waals surface area contributed by atoms with E-state index in [4.69, 9.17) is 11.6 Å². The third-order valence-corrected chi connectivity index (χ3v) is 8.73. The first-order valence-electron chi connectivity index (χ1n) is 13.3. The molecule has 188 valence electrons. The molecule has 0 fully saturated rings. The Hall–Kier alpha value is -1.34. The number of hydrogen-bond acceptors (Lipinski definition) is 5. The van der Waals surface area contributed by atoms with Gasteiger partial charge in [-0.2, -0.15) is 0 Å². The zero-order valence-corrected chi connectivity index (χ0v) is 21.5. The summed E-state index contributed by atoms with van der Waals surface area (Å²) in [5, 5.41) is 15.5. The Morgan fingerprint density at radius 2 is 1.91 bits per heavy atom. The van der Waals surface area contributed by atoms with Crippen LogP contribution in [0.15, 0.2) is 45.0 Å². The first kappa shape index (κ1) is 24.4. The average Bonchev–Trinajstić information content (AvgIpc) is 2.86. The minimum Gasteiger partial charge on any atom is -0.381 e. The van der Waals surface area contributed by atoms with Crippen molar-refractivity contribution in [2.24, 2.45) is 5.92 Å². The number of allylic oxidation sites excluding steroid dienone is 4. The monoisotopic (exact) mass is 489 g/mol. The lowest BCUT2D eigenvalue weighted by molar-refractivity contribution is 0.287. The second-order valence-corrected chi connectivity index (χ2v) is 11.3. The molecular weight excluding hydrogens is 449 g/mol. The van der Waals surface area contributed by atoms with E-state index in [1.165, 1.54) is 48.9 Å². The van der Waals surface area contributed by atoms with Gasteiger partial charge in [0.05, 0.1) is 11.2 Å². The number of nitrogens with one attached hydrogen (secondary N) is 4. The number of halogens is 2. The van der Waals surface area contributed by atoms with Crippen molar-refractivity contribution in [1.29, 1.82) is 0 Å². The predicted octanol–water partition coefficient (Wildman–Crippen LogP) is 4.76. The molecule has 3 aliphatic carbocycles. The molecule has 0 aromatic heterocycles. The number of nitrogens with zero attached hydrogens (tertiary/aromatic N) is 1. The normalized spacial score (nSPS) is 32.9. The predicted molar refractivity (Wildman–Crippen MR) is 138 cm³/mol. The van der Waals surface area contributed by atoms with Gasteiger partial charge in [0.1, 0.15) is 12.0 Å². The van der Waals surface area contributed by atoms with Gasteiger partial charge in [-0.05, 0) is 87.0 Å². The fourth-order valence-electron chi connectivity index (χ4n) is 6.55. The molecule has 5 aliphatic rings. The van der Waals surface area contributed by atoms with Gasteiger partial charge in [-0.25, -0.2) is 4.39 Å². The minimum atomic E-state index is -0.132. The molecule has 0 amide bonds. The highest BCUT2D eigenvalue weighted by molar-refractivity contribution is 6.29. The van der Waals surface area contributed by atoms with Crippen LogP contribution in [-0.4, -0.2) is 50.5 Å². The van der Waals surface area contributed by atoms with E-state index in [2.05, 4.69) is 46.3 Å². The van der Waals surface area contributed by atoms with Gasteiger partial charge in [0.2, 0.25) is 0 Å². The summed E-state index contributed by atoms with van der Waals surface area (Å²) in [7, 11) is 4.41. The van der Waals surface area contributed by atoms with E-state index in [0.717, 1.165) is 38.8 Å². The molecule has 34 heavy (non-hydrogen) atoms. The maximum atomic E-state index is 13.9. The van der Waals surface area contributed by atoms with E-state index in [9.17, 15) is 4.39 Å². The molecular formula is C27H41ClFN5. The molecule has 5 nitrogen and oxygen atoms in total. The van der Waals surface area contributed by atoms with Crippen LogP contribution >= 0.6 is 11.6 Å².